The summed E-state index contributed by atoms with van der Waals surface area (Å²) in [6, 6.07) is 1.07. The summed E-state index contributed by atoms with van der Waals surface area (Å²) in [6.07, 6.45) is -2.93. The lowest BCUT2D eigenvalue weighted by atomic mass is 10.1. The van der Waals surface area contributed by atoms with E-state index in [4.69, 9.17) is 20.7 Å². The first-order valence-corrected chi connectivity index (χ1v) is 11.9. The van der Waals surface area contributed by atoms with Gasteiger partial charge in [-0.25, -0.2) is 4.79 Å². The van der Waals surface area contributed by atoms with Crippen molar-refractivity contribution in [2.24, 2.45) is 11.5 Å². The molecule has 5 atom stereocenters. The minimum Gasteiger partial charge on any atom is -0.387 e. The Morgan fingerprint density at radius 2 is 1.81 bits per heavy atom. The molecule has 0 bridgehead atoms. The number of ether oxygens (including phenoxy) is 1. The van der Waals surface area contributed by atoms with Gasteiger partial charge < -0.3 is 40.7 Å². The summed E-state index contributed by atoms with van der Waals surface area (Å²) in [5.41, 5.74) is 9.60. The van der Waals surface area contributed by atoms with E-state index in [0.29, 0.717) is 32.7 Å². The Morgan fingerprint density at radius 1 is 1.16 bits per heavy atom. The topological polar surface area (TPSA) is 206 Å². The molecule has 178 valence electrons. The number of nitrogens with one attached hydrogen (secondary N) is 1. The van der Waals surface area contributed by atoms with Crippen LogP contribution >= 0.6 is 7.60 Å². The van der Waals surface area contributed by atoms with Crippen LogP contribution in [0.5, 0.6) is 0 Å². The summed E-state index contributed by atoms with van der Waals surface area (Å²) in [5, 5.41) is 20.4. The second-order valence-corrected chi connectivity index (χ2v) is 9.33. The van der Waals surface area contributed by atoms with E-state index in [9.17, 15) is 29.3 Å². The molecule has 0 aliphatic carbocycles. The smallest absolute Gasteiger partial charge is 0.330 e. The number of aromatic amines is 1. The minimum absolute atomic E-state index is 0.143. The number of aromatic nitrogens is 2. The molecule has 1 aliphatic rings. The number of aliphatic hydroxyl groups is 2. The Hall–Kier alpha value is -1.41. The number of nitrogens with two attached hydrogens (primary N) is 2. The van der Waals surface area contributed by atoms with E-state index >= 15 is 0 Å². The van der Waals surface area contributed by atoms with Gasteiger partial charge in [0.15, 0.2) is 6.23 Å². The molecule has 1 fully saturated rings. The maximum Gasteiger partial charge on any atom is 0.330 e. The molecule has 31 heavy (non-hydrogen) atoms. The molecule has 2 heterocycles. The lowest BCUT2D eigenvalue weighted by Crippen LogP contribution is -2.37. The van der Waals surface area contributed by atoms with Gasteiger partial charge in [0, 0.05) is 18.8 Å². The second kappa shape index (κ2) is 12.0. The molecule has 0 aromatic carbocycles. The molecule has 2 rings (SSSR count). The monoisotopic (exact) mass is 465 g/mol. The number of aliphatic hydroxyl groups excluding tert-OH is 2. The van der Waals surface area contributed by atoms with Crippen molar-refractivity contribution in [3.63, 3.8) is 0 Å². The van der Waals surface area contributed by atoms with Crippen molar-refractivity contribution < 1.29 is 28.9 Å². The van der Waals surface area contributed by atoms with Gasteiger partial charge in [-0.05, 0) is 39.0 Å². The van der Waals surface area contributed by atoms with Gasteiger partial charge in [-0.1, -0.05) is 0 Å². The van der Waals surface area contributed by atoms with E-state index in [1.165, 1.54) is 0 Å². The highest BCUT2D eigenvalue weighted by molar-refractivity contribution is 7.52. The number of rotatable bonds is 13. The molecule has 0 saturated carbocycles. The van der Waals surface area contributed by atoms with Crippen LogP contribution in [0, 0.1) is 0 Å². The Balaban J connectivity index is 1.92. The molecular weight excluding hydrogens is 433 g/mol. The summed E-state index contributed by atoms with van der Waals surface area (Å²) in [5.74, 6) is 0. The number of hydrogen-bond acceptors (Lipinski definition) is 10. The van der Waals surface area contributed by atoms with Crippen molar-refractivity contribution in [2.75, 3.05) is 45.5 Å². The van der Waals surface area contributed by atoms with Crippen molar-refractivity contribution in [2.45, 2.75) is 37.4 Å². The van der Waals surface area contributed by atoms with Gasteiger partial charge in [-0.15, -0.1) is 0 Å². The van der Waals surface area contributed by atoms with Gasteiger partial charge in [-0.3, -0.25) is 18.9 Å². The van der Waals surface area contributed by atoms with Gasteiger partial charge in [-0.2, -0.15) is 0 Å². The van der Waals surface area contributed by atoms with Crippen molar-refractivity contribution in [3.05, 3.63) is 33.1 Å². The number of hydrogen-bond donors (Lipinski definition) is 6. The first-order valence-electron chi connectivity index (χ1n) is 10.1. The Kier molecular flexibility index (Phi) is 10.0. The molecular formula is C17H32N5O8P. The molecule has 2 unspecified atom stereocenters. The van der Waals surface area contributed by atoms with Crippen LogP contribution in [-0.2, 0) is 13.8 Å². The molecule has 1 aromatic rings. The Bertz CT molecular complexity index is 840. The maximum atomic E-state index is 12.4. The fourth-order valence-corrected chi connectivity index (χ4v) is 4.26. The third kappa shape index (κ3) is 7.59. The molecule has 8 N–H and O–H groups in total. The van der Waals surface area contributed by atoms with Crippen LogP contribution in [0.15, 0.2) is 21.9 Å². The van der Waals surface area contributed by atoms with Crippen LogP contribution in [0.1, 0.15) is 19.1 Å². The summed E-state index contributed by atoms with van der Waals surface area (Å²) in [7, 11) is -4.01. The first kappa shape index (κ1) is 25.8. The van der Waals surface area contributed by atoms with Crippen molar-refractivity contribution in [3.8, 4) is 0 Å². The second-order valence-electron chi connectivity index (χ2n) is 7.35. The molecule has 0 amide bonds. The number of nitrogens with zero attached hydrogens (tertiary/aromatic N) is 2. The van der Waals surface area contributed by atoms with Crippen LogP contribution < -0.4 is 22.7 Å². The summed E-state index contributed by atoms with van der Waals surface area (Å²) < 4.78 is 23.9. The molecule has 1 aromatic heterocycles. The van der Waals surface area contributed by atoms with E-state index < -0.39 is 50.0 Å². The zero-order valence-corrected chi connectivity index (χ0v) is 18.1. The predicted molar refractivity (Wildman–Crippen MR) is 112 cm³/mol. The molecule has 0 spiro atoms. The highest BCUT2D eigenvalue weighted by atomic mass is 31.2. The van der Waals surface area contributed by atoms with Crippen LogP contribution in [0.3, 0.4) is 0 Å². The van der Waals surface area contributed by atoms with Gasteiger partial charge in [0.05, 0.1) is 12.8 Å². The average molecular weight is 465 g/mol. The van der Waals surface area contributed by atoms with E-state index in [1.807, 2.05) is 9.88 Å². The zero-order chi connectivity index (χ0) is 23.0. The van der Waals surface area contributed by atoms with Crippen LogP contribution in [0.4, 0.5) is 0 Å². The summed E-state index contributed by atoms with van der Waals surface area (Å²) in [6.45, 7) is 2.19. The van der Waals surface area contributed by atoms with Gasteiger partial charge >= 0.3 is 13.3 Å². The van der Waals surface area contributed by atoms with Gasteiger partial charge in [0.2, 0.25) is 0 Å². The first-order chi connectivity index (χ1) is 14.7. The summed E-state index contributed by atoms with van der Waals surface area (Å²) in [4.78, 5) is 37.2. The lowest BCUT2D eigenvalue weighted by Gasteiger charge is -2.24. The third-order valence-corrected chi connectivity index (χ3v) is 6.28. The normalized spacial score (nSPS) is 25.7. The van der Waals surface area contributed by atoms with E-state index in [2.05, 4.69) is 0 Å². The molecule has 1 aliphatic heterocycles. The van der Waals surface area contributed by atoms with E-state index in [0.717, 1.165) is 29.7 Å². The molecule has 0 radical (unpaired) electrons. The van der Waals surface area contributed by atoms with Crippen LogP contribution in [-0.4, -0.2) is 93.4 Å². The highest BCUT2D eigenvalue weighted by Gasteiger charge is 2.45. The Labute approximate surface area is 179 Å². The lowest BCUT2D eigenvalue weighted by molar-refractivity contribution is -0.0525. The number of H-pyrrole nitrogens is 1. The fraction of sp³-hybridized carbons (Fsp3) is 0.765. The highest BCUT2D eigenvalue weighted by Crippen LogP contribution is 2.43. The standard InChI is InChI=1S/C17H32N5O8P/c18-4-1-6-21(7-2-5-19)9-10-31(27,28)29-11-12-14(24)15(25)16(30-12)22-8-3-13(23)20-17(22)26/h3,8,12,14-16,24-25H,1-2,4-7,9-11,18-19H2,(H,27,28)(H,20,23,26)/t12-,14?,15+,16-/m1/s1. The van der Waals surface area contributed by atoms with Crippen LogP contribution in [0.2, 0.25) is 0 Å². The molecule has 1 saturated heterocycles. The predicted octanol–water partition coefficient (Wildman–Crippen LogP) is -2.64. The van der Waals surface area contributed by atoms with Gasteiger partial charge in [0.1, 0.15) is 18.3 Å². The average Bonchev–Trinajstić information content (AvgIpc) is 3.00. The maximum absolute atomic E-state index is 12.4. The fourth-order valence-electron chi connectivity index (χ4n) is 3.21. The largest absolute Gasteiger partial charge is 0.387 e. The third-order valence-electron chi connectivity index (χ3n) is 4.96. The minimum atomic E-state index is -4.01. The van der Waals surface area contributed by atoms with Crippen molar-refractivity contribution in [1.29, 1.82) is 0 Å². The van der Waals surface area contributed by atoms with Crippen molar-refractivity contribution >= 4 is 7.60 Å². The van der Waals surface area contributed by atoms with E-state index in [1.54, 1.807) is 0 Å². The quantitative estimate of drug-likeness (QED) is 0.166. The van der Waals surface area contributed by atoms with Gasteiger partial charge in [0.25, 0.3) is 5.56 Å². The summed E-state index contributed by atoms with van der Waals surface area (Å²) >= 11 is 0. The zero-order valence-electron chi connectivity index (χ0n) is 17.2. The Morgan fingerprint density at radius 3 is 2.39 bits per heavy atom. The molecule has 13 nitrogen and oxygen atoms in total. The SMILES string of the molecule is NCCCN(CCCN)CCP(=O)(O)OC[C@H]1O[C@@H](n2ccc(=O)[nH]c2=O)[C@@H](O)C1O. The van der Waals surface area contributed by atoms with E-state index in [-0.39, 0.29) is 6.16 Å². The molecule has 14 heteroatoms. The van der Waals surface area contributed by atoms with Crippen LogP contribution in [0.25, 0.3) is 0 Å². The van der Waals surface area contributed by atoms with Crippen molar-refractivity contribution in [1.82, 2.24) is 14.5 Å².